The van der Waals surface area contributed by atoms with Gasteiger partial charge in [-0.25, -0.2) is 15.0 Å². The number of nitrogens with zero attached hydrogens (tertiary/aromatic N) is 3. The van der Waals surface area contributed by atoms with Gasteiger partial charge in [0.05, 0.1) is 0 Å². The minimum absolute atomic E-state index is 0.614. The quantitative estimate of drug-likeness (QED) is 0.174. The molecule has 0 radical (unpaired) electrons. The summed E-state index contributed by atoms with van der Waals surface area (Å²) in [5.41, 5.74) is 7.30. The highest BCUT2D eigenvalue weighted by Crippen LogP contribution is 2.51. The summed E-state index contributed by atoms with van der Waals surface area (Å²) in [4.78, 5) is 15.5. The van der Waals surface area contributed by atoms with Crippen LogP contribution < -0.4 is 4.74 Å². The SMILES string of the molecule is c1ccc(-c2nc(-c3ccc4c5ccccc5c5ccccc5c4c3)nc(-c3ccc4c5c(cccc35)-c3c(cccc3-c3ccccc3)O4)n2)cc1. The molecule has 0 saturated carbocycles. The van der Waals surface area contributed by atoms with Crippen molar-refractivity contribution >= 4 is 43.1 Å². The second kappa shape index (κ2) is 11.7. The molecule has 0 N–H and O–H groups in total. The Bertz CT molecular complexity index is 3050. The van der Waals surface area contributed by atoms with Crippen molar-refractivity contribution in [3.63, 3.8) is 0 Å². The van der Waals surface area contributed by atoms with Crippen LogP contribution in [0.2, 0.25) is 0 Å². The average Bonchev–Trinajstić information content (AvgIpc) is 3.24. The molecule has 0 unspecified atom stereocenters. The van der Waals surface area contributed by atoms with Crippen LogP contribution in [0.25, 0.3) is 99.5 Å². The Morgan fingerprint density at radius 1 is 0.302 bits per heavy atom. The fourth-order valence-electron chi connectivity index (χ4n) is 8.12. The van der Waals surface area contributed by atoms with Crippen LogP contribution in [0.15, 0.2) is 176 Å². The van der Waals surface area contributed by atoms with E-state index < -0.39 is 0 Å². The van der Waals surface area contributed by atoms with E-state index in [1.807, 2.05) is 24.3 Å². The number of hydrogen-bond donors (Lipinski definition) is 0. The lowest BCUT2D eigenvalue weighted by Gasteiger charge is -2.24. The highest BCUT2D eigenvalue weighted by molar-refractivity contribution is 6.25. The van der Waals surface area contributed by atoms with Crippen LogP contribution >= 0.6 is 0 Å². The lowest BCUT2D eigenvalue weighted by Crippen LogP contribution is -2.02. The van der Waals surface area contributed by atoms with Gasteiger partial charge in [-0.3, -0.25) is 0 Å². The molecule has 0 spiro atoms. The van der Waals surface area contributed by atoms with Gasteiger partial charge >= 0.3 is 0 Å². The zero-order valence-corrected chi connectivity index (χ0v) is 28.5. The molecule has 10 aromatic rings. The van der Waals surface area contributed by atoms with Gasteiger partial charge in [-0.05, 0) is 78.7 Å². The van der Waals surface area contributed by atoms with Gasteiger partial charge in [-0.15, -0.1) is 0 Å². The summed E-state index contributed by atoms with van der Waals surface area (Å²) in [6, 6.07) is 61.4. The van der Waals surface area contributed by atoms with Gasteiger partial charge in [0, 0.05) is 27.6 Å². The molecule has 0 aliphatic carbocycles. The van der Waals surface area contributed by atoms with E-state index >= 15 is 0 Å². The van der Waals surface area contributed by atoms with Crippen LogP contribution in [0.3, 0.4) is 0 Å². The second-order valence-corrected chi connectivity index (χ2v) is 13.5. The van der Waals surface area contributed by atoms with Gasteiger partial charge < -0.3 is 4.74 Å². The first-order valence-electron chi connectivity index (χ1n) is 17.9. The van der Waals surface area contributed by atoms with E-state index in [2.05, 4.69) is 152 Å². The van der Waals surface area contributed by atoms with Gasteiger partial charge in [-0.1, -0.05) is 152 Å². The van der Waals surface area contributed by atoms with Gasteiger partial charge in [0.25, 0.3) is 0 Å². The van der Waals surface area contributed by atoms with Crippen LogP contribution in [0, 0.1) is 0 Å². The number of hydrogen-bond acceptors (Lipinski definition) is 4. The molecule has 9 aromatic carbocycles. The molecular weight excluding hydrogens is 647 g/mol. The molecule has 4 heteroatoms. The summed E-state index contributed by atoms with van der Waals surface area (Å²) in [6.07, 6.45) is 0. The van der Waals surface area contributed by atoms with E-state index in [1.54, 1.807) is 0 Å². The molecule has 0 atom stereocenters. The number of aromatic nitrogens is 3. The Hall–Kier alpha value is -7.17. The maximum atomic E-state index is 6.64. The van der Waals surface area contributed by atoms with Gasteiger partial charge in [0.15, 0.2) is 17.5 Å². The molecule has 1 aromatic heterocycles. The summed E-state index contributed by atoms with van der Waals surface area (Å²) in [5.74, 6) is 3.54. The van der Waals surface area contributed by atoms with Crippen LogP contribution in [-0.2, 0) is 0 Å². The Balaban J connectivity index is 1.14. The number of rotatable bonds is 4. The van der Waals surface area contributed by atoms with E-state index in [0.29, 0.717) is 17.5 Å². The van der Waals surface area contributed by atoms with E-state index in [0.717, 1.165) is 61.2 Å². The van der Waals surface area contributed by atoms with Crippen molar-refractivity contribution in [1.82, 2.24) is 15.0 Å². The molecule has 0 bridgehead atoms. The Kier molecular flexibility index (Phi) is 6.52. The number of fused-ring (bicyclic) bond motifs is 8. The summed E-state index contributed by atoms with van der Waals surface area (Å²) in [7, 11) is 0. The molecule has 2 heterocycles. The minimum Gasteiger partial charge on any atom is -0.456 e. The predicted octanol–water partition coefficient (Wildman–Crippen LogP) is 12.9. The molecular formula is C49H29N3O. The second-order valence-electron chi connectivity index (χ2n) is 13.5. The van der Waals surface area contributed by atoms with E-state index in [9.17, 15) is 0 Å². The molecule has 0 amide bonds. The normalized spacial score (nSPS) is 11.9. The van der Waals surface area contributed by atoms with Crippen molar-refractivity contribution in [3.8, 4) is 67.9 Å². The third-order valence-corrected chi connectivity index (χ3v) is 10.5. The third kappa shape index (κ3) is 4.66. The highest BCUT2D eigenvalue weighted by atomic mass is 16.5. The lowest BCUT2D eigenvalue weighted by atomic mass is 9.87. The standard InChI is InChI=1S/C49H29N3O/c1-3-13-30(14-4-1)33-21-12-24-43-45(33)41-23-11-22-39-40(27-28-44(53-43)46(39)41)49-51-47(31-15-5-2-6-16-31)50-48(52-49)32-25-26-38-36-19-8-7-17-34(36)35-18-9-10-20-37(35)42(38)29-32/h1-29H. The Morgan fingerprint density at radius 2 is 0.849 bits per heavy atom. The van der Waals surface area contributed by atoms with Crippen molar-refractivity contribution in [1.29, 1.82) is 0 Å². The van der Waals surface area contributed by atoms with Crippen molar-refractivity contribution in [2.45, 2.75) is 0 Å². The predicted molar refractivity (Wildman–Crippen MR) is 217 cm³/mol. The summed E-state index contributed by atoms with van der Waals surface area (Å²) >= 11 is 0. The zero-order chi connectivity index (χ0) is 34.9. The number of benzene rings is 9. The smallest absolute Gasteiger partial charge is 0.164 e. The maximum absolute atomic E-state index is 6.64. The Morgan fingerprint density at radius 3 is 1.57 bits per heavy atom. The largest absolute Gasteiger partial charge is 0.456 e. The molecule has 0 saturated heterocycles. The topological polar surface area (TPSA) is 47.9 Å². The van der Waals surface area contributed by atoms with E-state index in [1.165, 1.54) is 32.3 Å². The van der Waals surface area contributed by atoms with Crippen LogP contribution in [0.4, 0.5) is 0 Å². The van der Waals surface area contributed by atoms with Gasteiger partial charge in [-0.2, -0.15) is 0 Å². The summed E-state index contributed by atoms with van der Waals surface area (Å²) in [5, 5.41) is 9.38. The van der Waals surface area contributed by atoms with E-state index in [4.69, 9.17) is 19.7 Å². The van der Waals surface area contributed by atoms with Crippen molar-refractivity contribution in [3.05, 3.63) is 176 Å². The van der Waals surface area contributed by atoms with E-state index in [-0.39, 0.29) is 0 Å². The van der Waals surface area contributed by atoms with Gasteiger partial charge in [0.2, 0.25) is 0 Å². The van der Waals surface area contributed by atoms with Crippen LogP contribution in [0.5, 0.6) is 11.5 Å². The monoisotopic (exact) mass is 675 g/mol. The van der Waals surface area contributed by atoms with Gasteiger partial charge in [0.1, 0.15) is 11.5 Å². The molecule has 0 fully saturated rings. The molecule has 11 rings (SSSR count). The van der Waals surface area contributed by atoms with Crippen molar-refractivity contribution in [2.24, 2.45) is 0 Å². The maximum Gasteiger partial charge on any atom is 0.164 e. The first kappa shape index (κ1) is 29.5. The fraction of sp³-hybridized carbons (Fsp3) is 0. The molecule has 1 aliphatic rings. The van der Waals surface area contributed by atoms with Crippen molar-refractivity contribution in [2.75, 3.05) is 0 Å². The zero-order valence-electron chi connectivity index (χ0n) is 28.5. The van der Waals surface area contributed by atoms with Crippen molar-refractivity contribution < 1.29 is 4.74 Å². The summed E-state index contributed by atoms with van der Waals surface area (Å²) < 4.78 is 6.64. The lowest BCUT2D eigenvalue weighted by molar-refractivity contribution is 0.487. The molecule has 1 aliphatic heterocycles. The first-order valence-corrected chi connectivity index (χ1v) is 17.9. The highest BCUT2D eigenvalue weighted by Gasteiger charge is 2.25. The van der Waals surface area contributed by atoms with Crippen LogP contribution in [0.1, 0.15) is 0 Å². The average molecular weight is 676 g/mol. The number of ether oxygens (including phenoxy) is 1. The van der Waals surface area contributed by atoms with Crippen LogP contribution in [-0.4, -0.2) is 15.0 Å². The molecule has 4 nitrogen and oxygen atoms in total. The Labute approximate surface area is 305 Å². The summed E-state index contributed by atoms with van der Waals surface area (Å²) in [6.45, 7) is 0. The molecule has 246 valence electrons. The minimum atomic E-state index is 0.614. The fourth-order valence-corrected chi connectivity index (χ4v) is 8.12. The first-order chi connectivity index (χ1) is 26.3. The molecule has 53 heavy (non-hydrogen) atoms. The third-order valence-electron chi connectivity index (χ3n) is 10.5.